The second kappa shape index (κ2) is 10.3. The minimum atomic E-state index is -0.448. The third-order valence-corrected chi connectivity index (χ3v) is 4.22. The Balaban J connectivity index is 0.000000707. The van der Waals surface area contributed by atoms with Gasteiger partial charge in [0.25, 0.3) is 0 Å². The molecule has 0 radical (unpaired) electrons. The van der Waals surface area contributed by atoms with Crippen molar-refractivity contribution in [1.82, 2.24) is 9.97 Å². The average Bonchev–Trinajstić information content (AvgIpc) is 3.15. The van der Waals surface area contributed by atoms with Crippen LogP contribution < -0.4 is 15.2 Å². The Morgan fingerprint density at radius 2 is 1.66 bits per heavy atom. The quantitative estimate of drug-likeness (QED) is 0.504. The van der Waals surface area contributed by atoms with E-state index in [1.165, 1.54) is 0 Å². The maximum absolute atomic E-state index is 11.3. The number of nitrogens with one attached hydrogen (secondary N) is 1. The maximum atomic E-state index is 11.3. The van der Waals surface area contributed by atoms with Crippen LogP contribution in [0.1, 0.15) is 38.8 Å². The van der Waals surface area contributed by atoms with Gasteiger partial charge in [0.15, 0.2) is 17.1 Å². The van der Waals surface area contributed by atoms with E-state index in [1.807, 2.05) is 58.2 Å². The molecule has 0 bridgehead atoms. The van der Waals surface area contributed by atoms with Gasteiger partial charge in [-0.2, -0.15) is 0 Å². The molecule has 2 aromatic heterocycles. The molecule has 0 spiro atoms. The molecule has 154 valence electrons. The summed E-state index contributed by atoms with van der Waals surface area (Å²) in [6.45, 7) is 8.00. The van der Waals surface area contributed by atoms with Gasteiger partial charge in [-0.1, -0.05) is 33.8 Å². The molecule has 2 heterocycles. The molecule has 6 nitrogen and oxygen atoms in total. The van der Waals surface area contributed by atoms with E-state index in [0.717, 1.165) is 21.9 Å². The average molecular weight is 396 g/mol. The standard InChI is InChI=1S/C19H16N2O4.2C2H6/c1-23-17-7-13-10-20-9-12(14(13)8-18(17)24-2)5-11-3-4-16-15(6-11)21-19(22)25-16;2*1-2/h3-4,6-10H,5H2,1-2H3,(H,21,22);2*1-2H3. The van der Waals surface area contributed by atoms with Crippen molar-refractivity contribution in [1.29, 1.82) is 0 Å². The van der Waals surface area contributed by atoms with Crippen molar-refractivity contribution < 1.29 is 13.9 Å². The molecule has 29 heavy (non-hydrogen) atoms. The molecule has 0 atom stereocenters. The highest BCUT2D eigenvalue weighted by Crippen LogP contribution is 2.33. The maximum Gasteiger partial charge on any atom is 0.417 e. The van der Waals surface area contributed by atoms with Crippen molar-refractivity contribution in [2.45, 2.75) is 34.1 Å². The number of rotatable bonds is 4. The van der Waals surface area contributed by atoms with Crippen LogP contribution in [-0.4, -0.2) is 24.2 Å². The molecule has 1 N–H and O–H groups in total. The fraction of sp³-hybridized carbons (Fsp3) is 0.304. The van der Waals surface area contributed by atoms with Gasteiger partial charge in [0.05, 0.1) is 19.7 Å². The van der Waals surface area contributed by atoms with Crippen molar-refractivity contribution in [3.8, 4) is 11.5 Å². The number of aromatic nitrogens is 2. The highest BCUT2D eigenvalue weighted by molar-refractivity contribution is 5.88. The Morgan fingerprint density at radius 3 is 2.34 bits per heavy atom. The zero-order chi connectivity index (χ0) is 21.4. The molecule has 0 aliphatic rings. The van der Waals surface area contributed by atoms with E-state index in [1.54, 1.807) is 26.5 Å². The number of hydrogen-bond donors (Lipinski definition) is 1. The summed E-state index contributed by atoms with van der Waals surface area (Å²) in [6, 6.07) is 9.54. The number of fused-ring (bicyclic) bond motifs is 2. The van der Waals surface area contributed by atoms with Crippen molar-refractivity contribution >= 4 is 21.9 Å². The Hall–Kier alpha value is -3.28. The van der Waals surface area contributed by atoms with Crippen LogP contribution in [0.15, 0.2) is 51.9 Å². The first-order chi connectivity index (χ1) is 14.2. The van der Waals surface area contributed by atoms with Gasteiger partial charge >= 0.3 is 5.76 Å². The smallest absolute Gasteiger partial charge is 0.417 e. The number of H-pyrrole nitrogens is 1. The van der Waals surface area contributed by atoms with Gasteiger partial charge in [0.2, 0.25) is 0 Å². The summed E-state index contributed by atoms with van der Waals surface area (Å²) in [5.74, 6) is 0.902. The fourth-order valence-electron chi connectivity index (χ4n) is 3.03. The molecule has 0 unspecified atom stereocenters. The Labute approximate surface area is 170 Å². The van der Waals surface area contributed by atoms with Crippen LogP contribution in [0.3, 0.4) is 0 Å². The van der Waals surface area contributed by atoms with Crippen LogP contribution in [0.2, 0.25) is 0 Å². The number of ether oxygens (including phenoxy) is 2. The number of oxazole rings is 1. The Morgan fingerprint density at radius 1 is 0.966 bits per heavy atom. The lowest BCUT2D eigenvalue weighted by Gasteiger charge is -2.11. The summed E-state index contributed by atoms with van der Waals surface area (Å²) in [7, 11) is 3.23. The predicted octanol–water partition coefficient (Wildman–Crippen LogP) is 5.33. The zero-order valence-corrected chi connectivity index (χ0v) is 17.8. The van der Waals surface area contributed by atoms with Gasteiger partial charge in [-0.05, 0) is 47.2 Å². The molecule has 0 amide bonds. The molecule has 0 aliphatic carbocycles. The first-order valence-electron chi connectivity index (χ1n) is 9.78. The lowest BCUT2D eigenvalue weighted by molar-refractivity contribution is 0.356. The molecule has 0 saturated heterocycles. The third kappa shape index (κ3) is 4.77. The largest absolute Gasteiger partial charge is 0.493 e. The highest BCUT2D eigenvalue weighted by atomic mass is 16.5. The van der Waals surface area contributed by atoms with Crippen molar-refractivity contribution in [2.24, 2.45) is 0 Å². The van der Waals surface area contributed by atoms with E-state index >= 15 is 0 Å². The molecule has 0 fully saturated rings. The van der Waals surface area contributed by atoms with Gasteiger partial charge < -0.3 is 13.9 Å². The number of nitrogens with zero attached hydrogens (tertiary/aromatic N) is 1. The minimum Gasteiger partial charge on any atom is -0.493 e. The van der Waals surface area contributed by atoms with E-state index in [2.05, 4.69) is 9.97 Å². The monoisotopic (exact) mass is 396 g/mol. The van der Waals surface area contributed by atoms with E-state index in [9.17, 15) is 4.79 Å². The number of methoxy groups -OCH3 is 2. The summed E-state index contributed by atoms with van der Waals surface area (Å²) in [4.78, 5) is 18.3. The molecule has 0 aliphatic heterocycles. The van der Waals surface area contributed by atoms with Crippen LogP contribution in [0.5, 0.6) is 11.5 Å². The second-order valence-electron chi connectivity index (χ2n) is 5.75. The highest BCUT2D eigenvalue weighted by Gasteiger charge is 2.10. The van der Waals surface area contributed by atoms with Crippen molar-refractivity contribution in [3.05, 3.63) is 64.4 Å². The van der Waals surface area contributed by atoms with Gasteiger partial charge in [0, 0.05) is 17.8 Å². The third-order valence-electron chi connectivity index (χ3n) is 4.22. The number of aromatic amines is 1. The molecule has 6 heteroatoms. The molecular weight excluding hydrogens is 368 g/mol. The first-order valence-corrected chi connectivity index (χ1v) is 9.78. The topological polar surface area (TPSA) is 77.4 Å². The minimum absolute atomic E-state index is 0.448. The van der Waals surface area contributed by atoms with Crippen LogP contribution in [0.25, 0.3) is 21.9 Å². The zero-order valence-electron chi connectivity index (χ0n) is 17.8. The van der Waals surface area contributed by atoms with Gasteiger partial charge in [-0.15, -0.1) is 0 Å². The summed E-state index contributed by atoms with van der Waals surface area (Å²) in [5, 5.41) is 2.03. The van der Waals surface area contributed by atoms with Crippen LogP contribution in [0, 0.1) is 0 Å². The number of hydrogen-bond acceptors (Lipinski definition) is 5. The molecule has 2 aromatic carbocycles. The van der Waals surface area contributed by atoms with E-state index < -0.39 is 5.76 Å². The van der Waals surface area contributed by atoms with Gasteiger partial charge in [0.1, 0.15) is 0 Å². The van der Waals surface area contributed by atoms with Gasteiger partial charge in [-0.25, -0.2) is 4.79 Å². The van der Waals surface area contributed by atoms with Crippen LogP contribution >= 0.6 is 0 Å². The number of benzene rings is 2. The summed E-state index contributed by atoms with van der Waals surface area (Å²) in [5.41, 5.74) is 3.35. The van der Waals surface area contributed by atoms with Crippen LogP contribution in [-0.2, 0) is 6.42 Å². The second-order valence-corrected chi connectivity index (χ2v) is 5.75. The summed E-state index contributed by atoms with van der Waals surface area (Å²) in [6.07, 6.45) is 4.32. The molecule has 0 saturated carbocycles. The van der Waals surface area contributed by atoms with E-state index in [-0.39, 0.29) is 0 Å². The SMILES string of the molecule is CC.CC.COc1cc2cncc(Cc3ccc4oc(=O)[nH]c4c3)c2cc1OC. The Kier molecular flexibility index (Phi) is 7.83. The molecular formula is C23H28N2O4. The fourth-order valence-corrected chi connectivity index (χ4v) is 3.03. The predicted molar refractivity (Wildman–Crippen MR) is 117 cm³/mol. The Bertz CT molecular complexity index is 1130. The van der Waals surface area contributed by atoms with Crippen molar-refractivity contribution in [3.63, 3.8) is 0 Å². The summed E-state index contributed by atoms with van der Waals surface area (Å²) >= 11 is 0. The van der Waals surface area contributed by atoms with Gasteiger partial charge in [-0.3, -0.25) is 9.97 Å². The lowest BCUT2D eigenvalue weighted by Crippen LogP contribution is -1.95. The first kappa shape index (κ1) is 22.0. The van der Waals surface area contributed by atoms with E-state index in [0.29, 0.717) is 29.0 Å². The van der Waals surface area contributed by atoms with Crippen LogP contribution in [0.4, 0.5) is 0 Å². The normalized spacial score (nSPS) is 10.0. The van der Waals surface area contributed by atoms with E-state index in [4.69, 9.17) is 13.9 Å². The van der Waals surface area contributed by atoms with Crippen molar-refractivity contribution in [2.75, 3.05) is 14.2 Å². The number of pyridine rings is 1. The lowest BCUT2D eigenvalue weighted by atomic mass is 10.00. The summed E-state index contributed by atoms with van der Waals surface area (Å²) < 4.78 is 15.8. The molecule has 4 aromatic rings. The molecule has 4 rings (SSSR count).